The molecule has 2 aromatic carbocycles. The van der Waals surface area contributed by atoms with Crippen LogP contribution in [-0.2, 0) is 11.2 Å². The van der Waals surface area contributed by atoms with Crippen molar-refractivity contribution in [1.29, 1.82) is 5.26 Å². The van der Waals surface area contributed by atoms with Gasteiger partial charge in [-0.1, -0.05) is 42.5 Å². The van der Waals surface area contributed by atoms with Crippen LogP contribution in [0.25, 0.3) is 10.8 Å². The molecule has 1 aliphatic heterocycles. The van der Waals surface area contributed by atoms with E-state index in [4.69, 9.17) is 9.15 Å². The number of ether oxygens (including phenoxy) is 1. The van der Waals surface area contributed by atoms with E-state index in [1.165, 1.54) is 15.7 Å². The number of hydrogen-bond acceptors (Lipinski definition) is 5. The molecule has 0 spiro atoms. The topological polar surface area (TPSA) is 75.5 Å². The SMILES string of the molecule is N#Cc1nc(Cc2cccc3ccccc23)oc1NCC[NH+]1CCOCC1. The van der Waals surface area contributed by atoms with E-state index in [0.717, 1.165) is 45.0 Å². The van der Waals surface area contributed by atoms with Crippen molar-refractivity contribution in [3.8, 4) is 6.07 Å². The highest BCUT2D eigenvalue weighted by atomic mass is 16.5. The van der Waals surface area contributed by atoms with Crippen LogP contribution in [0.2, 0.25) is 0 Å². The largest absolute Gasteiger partial charge is 0.423 e. The number of rotatable bonds is 6. The lowest BCUT2D eigenvalue weighted by Crippen LogP contribution is -3.14. The van der Waals surface area contributed by atoms with Crippen LogP contribution in [0.1, 0.15) is 17.1 Å². The number of nitrogens with one attached hydrogen (secondary N) is 2. The summed E-state index contributed by atoms with van der Waals surface area (Å²) in [6, 6.07) is 16.6. The summed E-state index contributed by atoms with van der Waals surface area (Å²) < 4.78 is 11.2. The molecule has 2 N–H and O–H groups in total. The Balaban J connectivity index is 1.45. The Kier molecular flexibility index (Phi) is 5.33. The molecule has 1 aromatic heterocycles. The van der Waals surface area contributed by atoms with E-state index in [9.17, 15) is 5.26 Å². The number of fused-ring (bicyclic) bond motifs is 1. The van der Waals surface area contributed by atoms with Crippen molar-refractivity contribution in [2.45, 2.75) is 6.42 Å². The fraction of sp³-hybridized carbons (Fsp3) is 0.333. The molecule has 2 heterocycles. The first-order valence-corrected chi connectivity index (χ1v) is 9.35. The summed E-state index contributed by atoms with van der Waals surface area (Å²) in [5, 5.41) is 15.0. The van der Waals surface area contributed by atoms with Crippen molar-refractivity contribution in [3.63, 3.8) is 0 Å². The number of nitrogens with zero attached hydrogens (tertiary/aromatic N) is 2. The van der Waals surface area contributed by atoms with E-state index in [1.807, 2.05) is 18.2 Å². The molecule has 6 nitrogen and oxygen atoms in total. The van der Waals surface area contributed by atoms with E-state index in [2.05, 4.69) is 40.6 Å². The van der Waals surface area contributed by atoms with Crippen LogP contribution in [0.3, 0.4) is 0 Å². The number of oxazole rings is 1. The van der Waals surface area contributed by atoms with Crippen LogP contribution in [0.5, 0.6) is 0 Å². The lowest BCUT2D eigenvalue weighted by Gasteiger charge is -2.23. The second-order valence-electron chi connectivity index (χ2n) is 6.75. The average molecular weight is 363 g/mol. The third-order valence-electron chi connectivity index (χ3n) is 4.96. The first kappa shape index (κ1) is 17.5. The molecular formula is C21H23N4O2+. The van der Waals surface area contributed by atoms with Crippen LogP contribution in [0.4, 0.5) is 5.88 Å². The molecule has 1 saturated heterocycles. The second kappa shape index (κ2) is 8.21. The molecule has 0 amide bonds. The van der Waals surface area contributed by atoms with Crippen LogP contribution in [0, 0.1) is 11.3 Å². The van der Waals surface area contributed by atoms with Crippen molar-refractivity contribution in [2.24, 2.45) is 0 Å². The van der Waals surface area contributed by atoms with Crippen molar-refractivity contribution in [3.05, 3.63) is 59.6 Å². The molecule has 0 radical (unpaired) electrons. The molecule has 6 heteroatoms. The Morgan fingerprint density at radius 1 is 1.11 bits per heavy atom. The highest BCUT2D eigenvalue weighted by Gasteiger charge is 2.16. The molecule has 27 heavy (non-hydrogen) atoms. The van der Waals surface area contributed by atoms with Gasteiger partial charge in [-0.2, -0.15) is 5.26 Å². The maximum absolute atomic E-state index is 9.38. The zero-order valence-corrected chi connectivity index (χ0v) is 15.2. The smallest absolute Gasteiger partial charge is 0.232 e. The molecule has 1 aliphatic rings. The van der Waals surface area contributed by atoms with Gasteiger partial charge in [-0.05, 0) is 16.3 Å². The molecule has 0 atom stereocenters. The summed E-state index contributed by atoms with van der Waals surface area (Å²) in [6.07, 6.45) is 0.562. The van der Waals surface area contributed by atoms with E-state index in [1.54, 1.807) is 0 Å². The minimum Gasteiger partial charge on any atom is -0.423 e. The number of nitriles is 1. The Hall–Kier alpha value is -2.88. The summed E-state index contributed by atoms with van der Waals surface area (Å²) in [7, 11) is 0. The maximum atomic E-state index is 9.38. The third-order valence-corrected chi connectivity index (χ3v) is 4.96. The van der Waals surface area contributed by atoms with Gasteiger partial charge in [0.05, 0.1) is 32.7 Å². The van der Waals surface area contributed by atoms with Crippen LogP contribution in [-0.4, -0.2) is 44.4 Å². The van der Waals surface area contributed by atoms with Gasteiger partial charge in [-0.3, -0.25) is 0 Å². The van der Waals surface area contributed by atoms with Crippen LogP contribution in [0.15, 0.2) is 46.9 Å². The Morgan fingerprint density at radius 2 is 1.93 bits per heavy atom. The van der Waals surface area contributed by atoms with E-state index in [0.29, 0.717) is 23.9 Å². The standard InChI is InChI=1S/C21H22N4O2/c22-15-19-21(23-8-9-25-10-12-26-13-11-25)27-20(24-19)14-17-6-3-5-16-4-1-2-7-18(16)17/h1-7,23H,8-14H2/p+1. The molecule has 0 bridgehead atoms. The van der Waals surface area contributed by atoms with E-state index in [-0.39, 0.29) is 0 Å². The summed E-state index contributed by atoms with van der Waals surface area (Å²) in [5.41, 5.74) is 1.46. The minimum absolute atomic E-state index is 0.321. The van der Waals surface area contributed by atoms with Gasteiger partial charge < -0.3 is 19.4 Å². The van der Waals surface area contributed by atoms with Gasteiger partial charge in [0.15, 0.2) is 0 Å². The molecular weight excluding hydrogens is 340 g/mol. The monoisotopic (exact) mass is 363 g/mol. The number of morpholine rings is 1. The predicted octanol–water partition coefficient (Wildman–Crippen LogP) is 1.62. The quantitative estimate of drug-likeness (QED) is 0.696. The third kappa shape index (κ3) is 4.11. The lowest BCUT2D eigenvalue weighted by atomic mass is 10.0. The lowest BCUT2D eigenvalue weighted by molar-refractivity contribution is -0.906. The first-order chi connectivity index (χ1) is 13.3. The fourth-order valence-electron chi connectivity index (χ4n) is 3.51. The number of anilines is 1. The maximum Gasteiger partial charge on any atom is 0.232 e. The van der Waals surface area contributed by atoms with E-state index >= 15 is 0 Å². The van der Waals surface area contributed by atoms with Crippen molar-refractivity contribution < 1.29 is 14.1 Å². The second-order valence-corrected chi connectivity index (χ2v) is 6.75. The van der Waals surface area contributed by atoms with Gasteiger partial charge in [0, 0.05) is 0 Å². The summed E-state index contributed by atoms with van der Waals surface area (Å²) in [4.78, 5) is 5.88. The zero-order chi connectivity index (χ0) is 18.5. The molecule has 0 unspecified atom stereocenters. The van der Waals surface area contributed by atoms with Crippen LogP contribution >= 0.6 is 0 Å². The summed E-state index contributed by atoms with van der Waals surface area (Å²) in [5.74, 6) is 1.03. The highest BCUT2D eigenvalue weighted by molar-refractivity contribution is 5.85. The first-order valence-electron chi connectivity index (χ1n) is 9.35. The zero-order valence-electron chi connectivity index (χ0n) is 15.2. The van der Waals surface area contributed by atoms with Gasteiger partial charge in [0.2, 0.25) is 17.5 Å². The molecule has 1 fully saturated rings. The Labute approximate surface area is 158 Å². The number of aromatic nitrogens is 1. The van der Waals surface area contributed by atoms with Crippen molar-refractivity contribution >= 4 is 16.7 Å². The van der Waals surface area contributed by atoms with Crippen LogP contribution < -0.4 is 10.2 Å². The summed E-state index contributed by atoms with van der Waals surface area (Å²) >= 11 is 0. The Bertz CT molecular complexity index is 949. The van der Waals surface area contributed by atoms with Gasteiger partial charge in [-0.25, -0.2) is 4.98 Å². The number of hydrogen-bond donors (Lipinski definition) is 2. The molecule has 4 rings (SSSR count). The molecule has 3 aromatic rings. The Morgan fingerprint density at radius 3 is 2.78 bits per heavy atom. The van der Waals surface area contributed by atoms with E-state index < -0.39 is 0 Å². The average Bonchev–Trinajstić information content (AvgIpc) is 3.11. The van der Waals surface area contributed by atoms with Crippen molar-refractivity contribution in [1.82, 2.24) is 4.98 Å². The van der Waals surface area contributed by atoms with Gasteiger partial charge in [-0.15, -0.1) is 0 Å². The normalized spacial score (nSPS) is 14.9. The number of quaternary nitrogens is 1. The van der Waals surface area contributed by atoms with Gasteiger partial charge >= 0.3 is 0 Å². The van der Waals surface area contributed by atoms with Gasteiger partial charge in [0.1, 0.15) is 19.2 Å². The predicted molar refractivity (Wildman–Crippen MR) is 103 cm³/mol. The van der Waals surface area contributed by atoms with Gasteiger partial charge in [0.25, 0.3) is 0 Å². The number of benzene rings is 2. The summed E-state index contributed by atoms with van der Waals surface area (Å²) in [6.45, 7) is 5.39. The van der Waals surface area contributed by atoms with Crippen molar-refractivity contribution in [2.75, 3.05) is 44.7 Å². The molecule has 0 saturated carbocycles. The molecule has 138 valence electrons. The highest BCUT2D eigenvalue weighted by Crippen LogP contribution is 2.23. The molecule has 0 aliphatic carbocycles. The minimum atomic E-state index is 0.321. The fourth-order valence-corrected chi connectivity index (χ4v) is 3.51.